The first-order valence-corrected chi connectivity index (χ1v) is 11.9. The molecule has 0 bridgehead atoms. The van der Waals surface area contributed by atoms with Crippen LogP contribution in [0.1, 0.15) is 31.0 Å². The fraction of sp³-hybridized carbons (Fsp3) is 0.208. The SMILES string of the molecule is CCc1ccc([C@H](C)NC(=O)CN(c2cccc([N+](=O)[O-])c2)S(=O)(=O)c2ccccc2)cc1. The fourth-order valence-electron chi connectivity index (χ4n) is 3.34. The summed E-state index contributed by atoms with van der Waals surface area (Å²) in [7, 11) is -4.15. The van der Waals surface area contributed by atoms with Crippen LogP contribution in [-0.4, -0.2) is 25.8 Å². The quantitative estimate of drug-likeness (QED) is 0.374. The summed E-state index contributed by atoms with van der Waals surface area (Å²) in [5.74, 6) is -0.534. The maximum Gasteiger partial charge on any atom is 0.271 e. The second-order valence-electron chi connectivity index (χ2n) is 7.49. The number of nitro benzene ring substituents is 1. The summed E-state index contributed by atoms with van der Waals surface area (Å²) in [6.45, 7) is 3.33. The highest BCUT2D eigenvalue weighted by atomic mass is 32.2. The number of rotatable bonds is 9. The third-order valence-corrected chi connectivity index (χ3v) is 7.00. The number of carbonyl (C=O) groups is 1. The van der Waals surface area contributed by atoms with Gasteiger partial charge >= 0.3 is 0 Å². The van der Waals surface area contributed by atoms with Gasteiger partial charge in [-0.3, -0.25) is 19.2 Å². The predicted octanol–water partition coefficient (Wildman–Crippen LogP) is 4.23. The van der Waals surface area contributed by atoms with E-state index in [0.29, 0.717) is 0 Å². The van der Waals surface area contributed by atoms with Gasteiger partial charge in [-0.25, -0.2) is 8.42 Å². The molecule has 0 spiro atoms. The van der Waals surface area contributed by atoms with E-state index in [1.807, 2.05) is 31.2 Å². The zero-order chi connectivity index (χ0) is 24.0. The van der Waals surface area contributed by atoms with Crippen LogP contribution in [0.15, 0.2) is 83.8 Å². The largest absolute Gasteiger partial charge is 0.348 e. The molecule has 9 heteroatoms. The molecule has 0 saturated carbocycles. The molecular weight excluding hydrogens is 442 g/mol. The highest BCUT2D eigenvalue weighted by Gasteiger charge is 2.28. The van der Waals surface area contributed by atoms with Crippen molar-refractivity contribution in [3.63, 3.8) is 0 Å². The number of aryl methyl sites for hydroxylation is 1. The maximum atomic E-state index is 13.4. The third kappa shape index (κ3) is 5.75. The lowest BCUT2D eigenvalue weighted by Gasteiger charge is -2.25. The summed E-state index contributed by atoms with van der Waals surface area (Å²) in [4.78, 5) is 23.5. The van der Waals surface area contributed by atoms with Crippen molar-refractivity contribution in [2.24, 2.45) is 0 Å². The lowest BCUT2D eigenvalue weighted by atomic mass is 10.1. The van der Waals surface area contributed by atoms with Crippen LogP contribution in [0.25, 0.3) is 0 Å². The van der Waals surface area contributed by atoms with Crippen LogP contribution in [0.5, 0.6) is 0 Å². The molecule has 1 amide bonds. The minimum absolute atomic E-state index is 0.0208. The summed E-state index contributed by atoms with van der Waals surface area (Å²) in [6, 6.07) is 20.3. The Morgan fingerprint density at radius 3 is 2.30 bits per heavy atom. The van der Waals surface area contributed by atoms with Crippen molar-refractivity contribution in [3.05, 3.63) is 100 Å². The number of hydrogen-bond acceptors (Lipinski definition) is 5. The van der Waals surface area contributed by atoms with Crippen LogP contribution in [0.4, 0.5) is 11.4 Å². The Hall–Kier alpha value is -3.72. The van der Waals surface area contributed by atoms with Gasteiger partial charge in [0.25, 0.3) is 15.7 Å². The number of non-ortho nitro benzene ring substituents is 1. The number of anilines is 1. The molecule has 0 aromatic heterocycles. The fourth-order valence-corrected chi connectivity index (χ4v) is 4.77. The van der Waals surface area contributed by atoms with E-state index in [1.54, 1.807) is 18.2 Å². The Balaban J connectivity index is 1.90. The smallest absolute Gasteiger partial charge is 0.271 e. The molecule has 3 aromatic carbocycles. The van der Waals surface area contributed by atoms with E-state index < -0.39 is 27.4 Å². The molecule has 1 atom stereocenters. The predicted molar refractivity (Wildman–Crippen MR) is 126 cm³/mol. The normalized spacial score (nSPS) is 12.1. The van der Waals surface area contributed by atoms with Gasteiger partial charge in [0.1, 0.15) is 6.54 Å². The van der Waals surface area contributed by atoms with E-state index in [1.165, 1.54) is 35.9 Å². The van der Waals surface area contributed by atoms with Crippen molar-refractivity contribution >= 4 is 27.3 Å². The van der Waals surface area contributed by atoms with Gasteiger partial charge in [-0.15, -0.1) is 0 Å². The first kappa shape index (κ1) is 23.9. The number of hydrogen-bond donors (Lipinski definition) is 1. The molecule has 0 saturated heterocycles. The molecule has 172 valence electrons. The summed E-state index contributed by atoms with van der Waals surface area (Å²) >= 11 is 0. The van der Waals surface area contributed by atoms with Crippen LogP contribution < -0.4 is 9.62 Å². The second kappa shape index (κ2) is 10.3. The molecule has 33 heavy (non-hydrogen) atoms. The average molecular weight is 468 g/mol. The van der Waals surface area contributed by atoms with E-state index in [0.717, 1.165) is 22.4 Å². The molecule has 0 aliphatic carbocycles. The molecule has 1 N–H and O–H groups in total. The summed E-state index contributed by atoms with van der Waals surface area (Å²) in [6.07, 6.45) is 0.899. The zero-order valence-corrected chi connectivity index (χ0v) is 19.2. The molecule has 0 aliphatic rings. The third-order valence-electron chi connectivity index (χ3n) is 5.21. The molecule has 0 unspecified atom stereocenters. The van der Waals surface area contributed by atoms with E-state index in [4.69, 9.17) is 0 Å². The first-order chi connectivity index (χ1) is 15.7. The van der Waals surface area contributed by atoms with Gasteiger partial charge in [0.15, 0.2) is 0 Å². The summed E-state index contributed by atoms with van der Waals surface area (Å²) < 4.78 is 27.6. The van der Waals surface area contributed by atoms with Crippen molar-refractivity contribution in [2.45, 2.75) is 31.2 Å². The average Bonchev–Trinajstić information content (AvgIpc) is 2.83. The van der Waals surface area contributed by atoms with Gasteiger partial charge in [-0.1, -0.05) is 55.5 Å². The highest BCUT2D eigenvalue weighted by Crippen LogP contribution is 2.27. The number of sulfonamides is 1. The number of amides is 1. The topological polar surface area (TPSA) is 110 Å². The molecule has 8 nitrogen and oxygen atoms in total. The molecule has 0 fully saturated rings. The molecule has 0 radical (unpaired) electrons. The van der Waals surface area contributed by atoms with Crippen molar-refractivity contribution < 1.29 is 18.1 Å². The standard InChI is InChI=1S/C24H25N3O5S/c1-3-19-12-14-20(15-13-19)18(2)25-24(28)17-26(21-8-7-9-22(16-21)27(29)30)33(31,32)23-10-5-4-6-11-23/h4-16,18H,3,17H2,1-2H3,(H,25,28)/t18-/m0/s1. The monoisotopic (exact) mass is 467 g/mol. The van der Waals surface area contributed by atoms with Crippen LogP contribution in [0, 0.1) is 10.1 Å². The molecule has 0 aliphatic heterocycles. The van der Waals surface area contributed by atoms with Gasteiger partial charge < -0.3 is 5.32 Å². The lowest BCUT2D eigenvalue weighted by molar-refractivity contribution is -0.384. The summed E-state index contributed by atoms with van der Waals surface area (Å²) in [5.41, 5.74) is 1.81. The highest BCUT2D eigenvalue weighted by molar-refractivity contribution is 7.92. The van der Waals surface area contributed by atoms with Crippen molar-refractivity contribution in [1.82, 2.24) is 5.32 Å². The maximum absolute atomic E-state index is 13.4. The number of benzene rings is 3. The van der Waals surface area contributed by atoms with Crippen LogP contribution in [0.2, 0.25) is 0 Å². The Kier molecular flexibility index (Phi) is 7.44. The lowest BCUT2D eigenvalue weighted by Crippen LogP contribution is -2.41. The molecular formula is C24H25N3O5S. The molecule has 3 aromatic rings. The van der Waals surface area contributed by atoms with Gasteiger partial charge in [0.2, 0.25) is 5.91 Å². The van der Waals surface area contributed by atoms with Crippen LogP contribution >= 0.6 is 0 Å². The van der Waals surface area contributed by atoms with Crippen molar-refractivity contribution in [3.8, 4) is 0 Å². The Morgan fingerprint density at radius 1 is 1.03 bits per heavy atom. The van der Waals surface area contributed by atoms with E-state index in [9.17, 15) is 23.3 Å². The number of nitrogens with one attached hydrogen (secondary N) is 1. The Bertz CT molecular complexity index is 1230. The van der Waals surface area contributed by atoms with E-state index >= 15 is 0 Å². The molecule has 3 rings (SSSR count). The van der Waals surface area contributed by atoms with E-state index in [-0.39, 0.29) is 22.3 Å². The van der Waals surface area contributed by atoms with Crippen molar-refractivity contribution in [2.75, 3.05) is 10.8 Å². The minimum Gasteiger partial charge on any atom is -0.348 e. The van der Waals surface area contributed by atoms with E-state index in [2.05, 4.69) is 12.2 Å². The Labute approximate surface area is 193 Å². The number of nitro groups is 1. The van der Waals surface area contributed by atoms with Crippen LogP contribution in [0.3, 0.4) is 0 Å². The minimum atomic E-state index is -4.15. The van der Waals surface area contributed by atoms with Gasteiger partial charge in [-0.2, -0.15) is 0 Å². The summed E-state index contributed by atoms with van der Waals surface area (Å²) in [5, 5.41) is 14.0. The zero-order valence-electron chi connectivity index (χ0n) is 18.3. The number of carbonyl (C=O) groups excluding carboxylic acids is 1. The Morgan fingerprint density at radius 2 is 1.70 bits per heavy atom. The van der Waals surface area contributed by atoms with Crippen LogP contribution in [-0.2, 0) is 21.2 Å². The van der Waals surface area contributed by atoms with Gasteiger partial charge in [0, 0.05) is 12.1 Å². The van der Waals surface area contributed by atoms with Gasteiger partial charge in [0.05, 0.1) is 21.5 Å². The molecule has 0 heterocycles. The van der Waals surface area contributed by atoms with Crippen molar-refractivity contribution in [1.29, 1.82) is 0 Å². The number of nitrogens with zero attached hydrogens (tertiary/aromatic N) is 2. The second-order valence-corrected chi connectivity index (χ2v) is 9.35. The first-order valence-electron chi connectivity index (χ1n) is 10.4. The van der Waals surface area contributed by atoms with Gasteiger partial charge in [-0.05, 0) is 42.7 Å².